The summed E-state index contributed by atoms with van der Waals surface area (Å²) in [5.74, 6) is 0. The Morgan fingerprint density at radius 3 is 2.43 bits per heavy atom. The normalized spacial score (nSPS) is 11.9. The fourth-order valence-corrected chi connectivity index (χ4v) is 1.19. The third-order valence-corrected chi connectivity index (χ3v) is 2.39. The second kappa shape index (κ2) is 3.97. The summed E-state index contributed by atoms with van der Waals surface area (Å²) in [4.78, 5) is 0. The van der Waals surface area contributed by atoms with Gasteiger partial charge in [-0.05, 0) is 43.5 Å². The minimum Gasteiger partial charge on any atom is -0.397 e. The van der Waals surface area contributed by atoms with Crippen molar-refractivity contribution in [1.29, 1.82) is 5.26 Å². The molecule has 0 fully saturated rings. The number of allylic oxidation sites excluding steroid dienone is 1. The molecule has 0 saturated carbocycles. The molecule has 0 spiro atoms. The smallest absolute Gasteiger partial charge is 0.0965 e. The van der Waals surface area contributed by atoms with Crippen molar-refractivity contribution in [2.24, 2.45) is 5.73 Å². The van der Waals surface area contributed by atoms with Crippen molar-refractivity contribution in [3.05, 3.63) is 40.5 Å². The molecule has 0 aliphatic rings. The predicted molar refractivity (Wildman–Crippen MR) is 58.3 cm³/mol. The van der Waals surface area contributed by atoms with Crippen LogP contribution in [0, 0.1) is 25.2 Å². The summed E-state index contributed by atoms with van der Waals surface area (Å²) in [6, 6.07) is 8.02. The lowest BCUT2D eigenvalue weighted by atomic mass is 10.0. The van der Waals surface area contributed by atoms with E-state index in [2.05, 4.69) is 13.0 Å². The molecular formula is C12H14N2. The third-order valence-electron chi connectivity index (χ3n) is 2.39. The first kappa shape index (κ1) is 10.3. The van der Waals surface area contributed by atoms with Crippen LogP contribution in [0.4, 0.5) is 0 Å². The molecule has 2 nitrogen and oxygen atoms in total. The van der Waals surface area contributed by atoms with Crippen molar-refractivity contribution in [3.63, 3.8) is 0 Å². The quantitative estimate of drug-likeness (QED) is 0.685. The van der Waals surface area contributed by atoms with Crippen molar-refractivity contribution >= 4 is 5.70 Å². The predicted octanol–water partition coefficient (Wildman–Crippen LogP) is 2.52. The first-order valence-corrected chi connectivity index (χ1v) is 4.50. The van der Waals surface area contributed by atoms with Crippen molar-refractivity contribution in [1.82, 2.24) is 0 Å². The van der Waals surface area contributed by atoms with Crippen LogP contribution in [0.5, 0.6) is 0 Å². The maximum Gasteiger partial charge on any atom is 0.0965 e. The molecule has 0 radical (unpaired) electrons. The van der Waals surface area contributed by atoms with Crippen LogP contribution < -0.4 is 5.73 Å². The molecular weight excluding hydrogens is 172 g/mol. The Balaban J connectivity index is 3.24. The van der Waals surface area contributed by atoms with Gasteiger partial charge in [-0.15, -0.1) is 0 Å². The Labute approximate surface area is 84.7 Å². The molecule has 0 heterocycles. The van der Waals surface area contributed by atoms with E-state index in [4.69, 9.17) is 11.0 Å². The summed E-state index contributed by atoms with van der Waals surface area (Å²) in [5.41, 5.74) is 10.3. The van der Waals surface area contributed by atoms with Crippen LogP contribution in [0.15, 0.2) is 23.8 Å². The number of benzene rings is 1. The lowest BCUT2D eigenvalue weighted by Crippen LogP contribution is -1.99. The molecule has 1 rings (SSSR count). The average Bonchev–Trinajstić information content (AvgIpc) is 2.20. The van der Waals surface area contributed by atoms with Crippen molar-refractivity contribution < 1.29 is 0 Å². The van der Waals surface area contributed by atoms with Gasteiger partial charge in [0.15, 0.2) is 0 Å². The first-order valence-electron chi connectivity index (χ1n) is 4.50. The van der Waals surface area contributed by atoms with Crippen molar-refractivity contribution in [3.8, 4) is 6.07 Å². The highest BCUT2D eigenvalue weighted by Crippen LogP contribution is 2.16. The van der Waals surface area contributed by atoms with Gasteiger partial charge in [-0.2, -0.15) is 5.26 Å². The number of aryl methyl sites for hydroxylation is 2. The van der Waals surface area contributed by atoms with E-state index >= 15 is 0 Å². The second-order valence-corrected chi connectivity index (χ2v) is 3.45. The zero-order valence-electron chi connectivity index (χ0n) is 8.76. The Morgan fingerprint density at radius 2 is 1.93 bits per heavy atom. The second-order valence-electron chi connectivity index (χ2n) is 3.45. The van der Waals surface area contributed by atoms with Crippen LogP contribution >= 0.6 is 0 Å². The van der Waals surface area contributed by atoms with Crippen LogP contribution in [0.2, 0.25) is 0 Å². The lowest BCUT2D eigenvalue weighted by Gasteiger charge is -2.06. The molecule has 0 aliphatic carbocycles. The van der Waals surface area contributed by atoms with Gasteiger partial charge in [-0.1, -0.05) is 12.1 Å². The van der Waals surface area contributed by atoms with E-state index in [1.165, 1.54) is 11.1 Å². The summed E-state index contributed by atoms with van der Waals surface area (Å²) in [5, 5.41) is 8.70. The van der Waals surface area contributed by atoms with Gasteiger partial charge in [0.1, 0.15) is 0 Å². The van der Waals surface area contributed by atoms with Gasteiger partial charge in [0.25, 0.3) is 0 Å². The summed E-state index contributed by atoms with van der Waals surface area (Å²) >= 11 is 0. The van der Waals surface area contributed by atoms with Crippen LogP contribution in [0.25, 0.3) is 5.70 Å². The Hall–Kier alpha value is -1.75. The summed E-state index contributed by atoms with van der Waals surface area (Å²) in [6.45, 7) is 5.81. The van der Waals surface area contributed by atoms with Gasteiger partial charge in [0.05, 0.1) is 11.8 Å². The van der Waals surface area contributed by atoms with Crippen LogP contribution in [-0.4, -0.2) is 0 Å². The van der Waals surface area contributed by atoms with Crippen molar-refractivity contribution in [2.45, 2.75) is 20.8 Å². The molecule has 0 bridgehead atoms. The van der Waals surface area contributed by atoms with Gasteiger partial charge in [0, 0.05) is 5.57 Å². The minimum atomic E-state index is 0.563. The molecule has 0 amide bonds. The summed E-state index contributed by atoms with van der Waals surface area (Å²) in [6.07, 6.45) is 0. The fourth-order valence-electron chi connectivity index (χ4n) is 1.19. The van der Waals surface area contributed by atoms with E-state index in [1.807, 2.05) is 25.1 Å². The van der Waals surface area contributed by atoms with Gasteiger partial charge in [0.2, 0.25) is 0 Å². The van der Waals surface area contributed by atoms with Gasteiger partial charge in [-0.3, -0.25) is 0 Å². The van der Waals surface area contributed by atoms with E-state index < -0.39 is 0 Å². The molecule has 1 aromatic carbocycles. The molecule has 0 aliphatic heterocycles. The molecule has 0 aromatic heterocycles. The highest BCUT2D eigenvalue weighted by Gasteiger charge is 2.02. The third kappa shape index (κ3) is 1.94. The molecule has 0 atom stereocenters. The topological polar surface area (TPSA) is 49.8 Å². The average molecular weight is 186 g/mol. The number of nitriles is 1. The Morgan fingerprint density at radius 1 is 1.29 bits per heavy atom. The number of rotatable bonds is 1. The molecule has 2 N–H and O–H groups in total. The molecule has 1 aromatic rings. The van der Waals surface area contributed by atoms with E-state index in [9.17, 15) is 0 Å². The Kier molecular flexibility index (Phi) is 2.93. The highest BCUT2D eigenvalue weighted by atomic mass is 14.6. The number of hydrogen-bond acceptors (Lipinski definition) is 2. The van der Waals surface area contributed by atoms with Crippen LogP contribution in [0.1, 0.15) is 23.6 Å². The number of nitrogens with zero attached hydrogens (tertiary/aromatic N) is 1. The zero-order valence-corrected chi connectivity index (χ0v) is 8.76. The largest absolute Gasteiger partial charge is 0.397 e. The Bertz CT molecular complexity index is 422. The number of hydrogen-bond donors (Lipinski definition) is 1. The fraction of sp³-hybridized carbons (Fsp3) is 0.250. The molecule has 72 valence electrons. The molecule has 2 heteroatoms. The van der Waals surface area contributed by atoms with Gasteiger partial charge in [-0.25, -0.2) is 0 Å². The zero-order chi connectivity index (χ0) is 10.7. The van der Waals surface area contributed by atoms with E-state index in [-0.39, 0.29) is 0 Å². The summed E-state index contributed by atoms with van der Waals surface area (Å²) in [7, 11) is 0. The standard InChI is InChI=1S/C12H14N2/c1-8-4-5-11(6-9(8)2)12(14)10(3)7-13/h4-6H,14H2,1-3H3/b12-10-. The number of nitrogens with two attached hydrogens (primary N) is 1. The van der Waals surface area contributed by atoms with E-state index in [0.29, 0.717) is 11.3 Å². The van der Waals surface area contributed by atoms with Crippen molar-refractivity contribution in [2.75, 3.05) is 0 Å². The maximum atomic E-state index is 8.70. The SMILES string of the molecule is C/C(C#N)=C(/N)c1ccc(C)c(C)c1. The molecule has 0 unspecified atom stereocenters. The maximum absolute atomic E-state index is 8.70. The van der Waals surface area contributed by atoms with E-state index in [1.54, 1.807) is 6.92 Å². The molecule has 14 heavy (non-hydrogen) atoms. The lowest BCUT2D eigenvalue weighted by molar-refractivity contribution is 1.31. The van der Waals surface area contributed by atoms with Crippen LogP contribution in [0.3, 0.4) is 0 Å². The molecule has 0 saturated heterocycles. The first-order chi connectivity index (χ1) is 6.56. The monoisotopic (exact) mass is 186 g/mol. The van der Waals surface area contributed by atoms with E-state index in [0.717, 1.165) is 5.56 Å². The summed E-state index contributed by atoms with van der Waals surface area (Å²) < 4.78 is 0. The highest BCUT2D eigenvalue weighted by molar-refractivity contribution is 5.69. The van der Waals surface area contributed by atoms with Crippen LogP contribution in [-0.2, 0) is 0 Å². The van der Waals surface area contributed by atoms with Gasteiger partial charge < -0.3 is 5.73 Å². The van der Waals surface area contributed by atoms with Gasteiger partial charge >= 0.3 is 0 Å². The minimum absolute atomic E-state index is 0.563.